The molecule has 104 valence electrons. The summed E-state index contributed by atoms with van der Waals surface area (Å²) < 4.78 is 0. The van der Waals surface area contributed by atoms with Gasteiger partial charge in [-0.3, -0.25) is 0 Å². The molecule has 1 unspecified atom stereocenters. The average molecular weight is 261 g/mol. The van der Waals surface area contributed by atoms with E-state index in [1.807, 2.05) is 0 Å². The lowest BCUT2D eigenvalue weighted by molar-refractivity contribution is 0.235. The Balaban J connectivity index is 1.81. The van der Waals surface area contributed by atoms with Gasteiger partial charge in [0.2, 0.25) is 0 Å². The molecule has 1 aliphatic rings. The number of carbonyl (C=O) groups excluding carboxylic acids is 1. The molecule has 1 saturated carbocycles. The number of carbonyl (C=O) groups is 1. The second-order valence-corrected chi connectivity index (χ2v) is 5.41. The van der Waals surface area contributed by atoms with Crippen molar-refractivity contribution in [3.8, 4) is 0 Å². The molecule has 1 fully saturated rings. The van der Waals surface area contributed by atoms with Crippen LogP contribution >= 0.6 is 0 Å². The van der Waals surface area contributed by atoms with Crippen molar-refractivity contribution in [3.05, 3.63) is 24.3 Å². The highest BCUT2D eigenvalue weighted by molar-refractivity contribution is 5.89. The Morgan fingerprint density at radius 2 is 1.84 bits per heavy atom. The van der Waals surface area contributed by atoms with Crippen LogP contribution < -0.4 is 16.4 Å². The van der Waals surface area contributed by atoms with E-state index >= 15 is 0 Å². The van der Waals surface area contributed by atoms with Crippen molar-refractivity contribution >= 4 is 17.4 Å². The minimum Gasteiger partial charge on any atom is -0.399 e. The Bertz CT molecular complexity index is 410. The van der Waals surface area contributed by atoms with Gasteiger partial charge in [0.15, 0.2) is 0 Å². The van der Waals surface area contributed by atoms with Gasteiger partial charge in [-0.2, -0.15) is 0 Å². The molecule has 1 atom stereocenters. The molecule has 1 aromatic rings. The van der Waals surface area contributed by atoms with E-state index in [0.29, 0.717) is 11.6 Å². The van der Waals surface area contributed by atoms with E-state index in [2.05, 4.69) is 17.6 Å². The van der Waals surface area contributed by atoms with Gasteiger partial charge in [0.25, 0.3) is 0 Å². The number of hydrogen-bond acceptors (Lipinski definition) is 2. The maximum absolute atomic E-state index is 11.9. The van der Waals surface area contributed by atoms with E-state index in [1.54, 1.807) is 24.3 Å². The topological polar surface area (TPSA) is 67.2 Å². The Morgan fingerprint density at radius 1 is 1.21 bits per heavy atom. The van der Waals surface area contributed by atoms with Crippen LogP contribution in [-0.4, -0.2) is 12.1 Å². The van der Waals surface area contributed by atoms with E-state index in [4.69, 9.17) is 5.73 Å². The number of anilines is 2. The molecule has 19 heavy (non-hydrogen) atoms. The normalized spacial score (nSPS) is 17.7. The van der Waals surface area contributed by atoms with E-state index in [-0.39, 0.29) is 12.1 Å². The summed E-state index contributed by atoms with van der Waals surface area (Å²) in [5.41, 5.74) is 7.07. The molecule has 4 heteroatoms. The number of nitrogens with two attached hydrogens (primary N) is 1. The van der Waals surface area contributed by atoms with Gasteiger partial charge in [-0.05, 0) is 49.9 Å². The second-order valence-electron chi connectivity index (χ2n) is 5.41. The van der Waals surface area contributed by atoms with Crippen molar-refractivity contribution in [2.45, 2.75) is 45.1 Å². The lowest BCUT2D eigenvalue weighted by Crippen LogP contribution is -2.41. The van der Waals surface area contributed by atoms with E-state index in [1.165, 1.54) is 32.1 Å². The monoisotopic (exact) mass is 261 g/mol. The number of amides is 2. The summed E-state index contributed by atoms with van der Waals surface area (Å²) >= 11 is 0. The molecule has 0 aromatic heterocycles. The fourth-order valence-electron chi connectivity index (χ4n) is 2.69. The lowest BCUT2D eigenvalue weighted by Gasteiger charge is -2.28. The van der Waals surface area contributed by atoms with Crippen LogP contribution in [0.4, 0.5) is 16.2 Å². The number of benzene rings is 1. The zero-order valence-corrected chi connectivity index (χ0v) is 11.5. The highest BCUT2D eigenvalue weighted by Gasteiger charge is 2.21. The van der Waals surface area contributed by atoms with Gasteiger partial charge in [-0.1, -0.05) is 19.3 Å². The molecule has 1 aliphatic carbocycles. The highest BCUT2D eigenvalue weighted by atomic mass is 16.2. The predicted octanol–water partition coefficient (Wildman–Crippen LogP) is 3.36. The molecule has 4 N–H and O–H groups in total. The standard InChI is InChI=1S/C15H23N3O/c1-11(12-5-3-2-4-6-12)17-15(19)18-14-9-7-13(16)8-10-14/h7-12H,2-6,16H2,1H3,(H2,17,18,19). The molecule has 0 heterocycles. The van der Waals surface area contributed by atoms with Gasteiger partial charge in [0, 0.05) is 17.4 Å². The number of urea groups is 1. The van der Waals surface area contributed by atoms with Gasteiger partial charge < -0.3 is 16.4 Å². The zero-order valence-electron chi connectivity index (χ0n) is 11.5. The molecule has 2 rings (SSSR count). The lowest BCUT2D eigenvalue weighted by atomic mass is 9.85. The summed E-state index contributed by atoms with van der Waals surface area (Å²) in [4.78, 5) is 11.9. The molecule has 1 aromatic carbocycles. The molecule has 0 bridgehead atoms. The van der Waals surface area contributed by atoms with Crippen LogP contribution in [0.3, 0.4) is 0 Å². The first-order valence-electron chi connectivity index (χ1n) is 7.08. The van der Waals surface area contributed by atoms with Crippen LogP contribution in [0.1, 0.15) is 39.0 Å². The zero-order chi connectivity index (χ0) is 13.7. The molecule has 0 spiro atoms. The summed E-state index contributed by atoms with van der Waals surface area (Å²) in [6, 6.07) is 7.26. The van der Waals surface area contributed by atoms with Gasteiger partial charge in [-0.15, -0.1) is 0 Å². The minimum atomic E-state index is -0.136. The minimum absolute atomic E-state index is 0.136. The molecule has 4 nitrogen and oxygen atoms in total. The van der Waals surface area contributed by atoms with Crippen molar-refractivity contribution in [3.63, 3.8) is 0 Å². The number of hydrogen-bond donors (Lipinski definition) is 3. The molecular weight excluding hydrogens is 238 g/mol. The van der Waals surface area contributed by atoms with Crippen LogP contribution in [-0.2, 0) is 0 Å². The second kappa shape index (κ2) is 6.45. The SMILES string of the molecule is CC(NC(=O)Nc1ccc(N)cc1)C1CCCCC1. The van der Waals surface area contributed by atoms with Crippen molar-refractivity contribution in [1.29, 1.82) is 0 Å². The third-order valence-electron chi connectivity index (χ3n) is 3.88. The third-order valence-corrected chi connectivity index (χ3v) is 3.88. The van der Waals surface area contributed by atoms with E-state index in [9.17, 15) is 4.79 Å². The largest absolute Gasteiger partial charge is 0.399 e. The summed E-state index contributed by atoms with van der Waals surface area (Å²) in [6.45, 7) is 2.10. The van der Waals surface area contributed by atoms with Gasteiger partial charge in [0.1, 0.15) is 0 Å². The smallest absolute Gasteiger partial charge is 0.319 e. The molecular formula is C15H23N3O. The fourth-order valence-corrected chi connectivity index (χ4v) is 2.69. The van der Waals surface area contributed by atoms with Crippen molar-refractivity contribution in [2.24, 2.45) is 5.92 Å². The van der Waals surface area contributed by atoms with Crippen LogP contribution in [0.25, 0.3) is 0 Å². The summed E-state index contributed by atoms with van der Waals surface area (Å²) in [5, 5.41) is 5.86. The van der Waals surface area contributed by atoms with E-state index in [0.717, 1.165) is 5.69 Å². The summed E-state index contributed by atoms with van der Waals surface area (Å²) in [7, 11) is 0. The predicted molar refractivity (Wildman–Crippen MR) is 79.0 cm³/mol. The summed E-state index contributed by atoms with van der Waals surface area (Å²) in [6.07, 6.45) is 6.36. The van der Waals surface area contributed by atoms with Crippen molar-refractivity contribution in [1.82, 2.24) is 5.32 Å². The van der Waals surface area contributed by atoms with E-state index < -0.39 is 0 Å². The van der Waals surface area contributed by atoms with Crippen LogP contribution in [0, 0.1) is 5.92 Å². The Labute approximate surface area is 114 Å². The number of rotatable bonds is 3. The Morgan fingerprint density at radius 3 is 2.47 bits per heavy atom. The number of nitrogens with one attached hydrogen (secondary N) is 2. The van der Waals surface area contributed by atoms with Gasteiger partial charge in [-0.25, -0.2) is 4.79 Å². The van der Waals surface area contributed by atoms with Crippen molar-refractivity contribution < 1.29 is 4.79 Å². The van der Waals surface area contributed by atoms with Gasteiger partial charge in [0.05, 0.1) is 0 Å². The average Bonchev–Trinajstić information content (AvgIpc) is 2.42. The molecule has 0 radical (unpaired) electrons. The maximum atomic E-state index is 11.9. The first-order chi connectivity index (χ1) is 9.15. The van der Waals surface area contributed by atoms with Crippen LogP contribution in [0.2, 0.25) is 0 Å². The quantitative estimate of drug-likeness (QED) is 0.730. The number of nitrogen functional groups attached to an aromatic ring is 1. The first-order valence-corrected chi connectivity index (χ1v) is 7.08. The molecule has 2 amide bonds. The van der Waals surface area contributed by atoms with Crippen molar-refractivity contribution in [2.75, 3.05) is 11.1 Å². The maximum Gasteiger partial charge on any atom is 0.319 e. The van der Waals surface area contributed by atoms with Crippen LogP contribution in [0.15, 0.2) is 24.3 Å². The fraction of sp³-hybridized carbons (Fsp3) is 0.533. The van der Waals surface area contributed by atoms with Gasteiger partial charge >= 0.3 is 6.03 Å². The summed E-state index contributed by atoms with van der Waals surface area (Å²) in [5.74, 6) is 0.617. The highest BCUT2D eigenvalue weighted by Crippen LogP contribution is 2.26. The molecule has 0 aliphatic heterocycles. The Kier molecular flexibility index (Phi) is 4.66. The Hall–Kier alpha value is -1.71. The van der Waals surface area contributed by atoms with Crippen LogP contribution in [0.5, 0.6) is 0 Å². The molecule has 0 saturated heterocycles. The first kappa shape index (κ1) is 13.7. The third kappa shape index (κ3) is 4.16.